The Hall–Kier alpha value is -1.61. The van der Waals surface area contributed by atoms with Gasteiger partial charge >= 0.3 is 5.97 Å². The highest BCUT2D eigenvalue weighted by atomic mass is 127. The van der Waals surface area contributed by atoms with Gasteiger partial charge in [0.05, 0.1) is 13.1 Å². The van der Waals surface area contributed by atoms with Gasteiger partial charge in [-0.3, -0.25) is 4.79 Å². The van der Waals surface area contributed by atoms with Gasteiger partial charge in [0, 0.05) is 0 Å². The van der Waals surface area contributed by atoms with Gasteiger partial charge < -0.3 is 10.2 Å². The fourth-order valence-corrected chi connectivity index (χ4v) is 4.75. The van der Waals surface area contributed by atoms with Crippen LogP contribution in [-0.2, 0) is 11.2 Å². The molecule has 1 unspecified atom stereocenters. The smallest absolute Gasteiger partial charge is 0.311 e. The molecule has 0 saturated heterocycles. The molecule has 0 fully saturated rings. The van der Waals surface area contributed by atoms with Crippen molar-refractivity contribution in [3.05, 3.63) is 85.0 Å². The third-order valence-electron chi connectivity index (χ3n) is 4.23. The van der Waals surface area contributed by atoms with Gasteiger partial charge in [-0.15, -0.1) is 0 Å². The van der Waals surface area contributed by atoms with Crippen molar-refractivity contribution in [1.82, 2.24) is 0 Å². The summed E-state index contributed by atoms with van der Waals surface area (Å²) in [5.74, 6) is -1.24. The largest absolute Gasteiger partial charge is 0.506 e. The molecule has 5 heteroatoms. The Bertz CT molecular complexity index is 899. The molecule has 3 aromatic rings. The molecule has 0 aliphatic rings. The van der Waals surface area contributed by atoms with Crippen molar-refractivity contribution in [2.75, 3.05) is 0 Å². The number of hydrogen-bond acceptors (Lipinski definition) is 2. The standard InChI is InChI=1S/C21H16I2O3/c22-18-11-13(12-19(23)20(18)24)10-17(21(25)26)16-8-6-15(7-9-16)14-4-2-1-3-5-14/h1-9,11-12,17,24H,10H2,(H,25,26). The van der Waals surface area contributed by atoms with Crippen LogP contribution in [0.2, 0.25) is 0 Å². The van der Waals surface area contributed by atoms with Crippen molar-refractivity contribution < 1.29 is 15.0 Å². The van der Waals surface area contributed by atoms with Gasteiger partial charge in [-0.05, 0) is 86.0 Å². The molecule has 0 heterocycles. The van der Waals surface area contributed by atoms with Crippen molar-refractivity contribution in [2.45, 2.75) is 12.3 Å². The maximum Gasteiger partial charge on any atom is 0.311 e. The van der Waals surface area contributed by atoms with Gasteiger partial charge in [-0.25, -0.2) is 0 Å². The zero-order valence-corrected chi connectivity index (χ0v) is 18.0. The normalized spacial score (nSPS) is 11.9. The van der Waals surface area contributed by atoms with Crippen LogP contribution in [0, 0.1) is 7.14 Å². The molecule has 1 atom stereocenters. The van der Waals surface area contributed by atoms with Crippen LogP contribution in [0.1, 0.15) is 17.0 Å². The predicted molar refractivity (Wildman–Crippen MR) is 119 cm³/mol. The molecular weight excluding hydrogens is 554 g/mol. The quantitative estimate of drug-likeness (QED) is 0.389. The summed E-state index contributed by atoms with van der Waals surface area (Å²) in [6.45, 7) is 0. The van der Waals surface area contributed by atoms with Crippen molar-refractivity contribution >= 4 is 51.2 Å². The van der Waals surface area contributed by atoms with E-state index in [4.69, 9.17) is 0 Å². The van der Waals surface area contributed by atoms with Crippen LogP contribution in [0.25, 0.3) is 11.1 Å². The molecule has 0 saturated carbocycles. The van der Waals surface area contributed by atoms with E-state index in [1.807, 2.05) is 66.7 Å². The molecular formula is C21H16I2O3. The average molecular weight is 570 g/mol. The summed E-state index contributed by atoms with van der Waals surface area (Å²) < 4.78 is 1.46. The second kappa shape index (κ2) is 8.39. The van der Waals surface area contributed by atoms with Crippen LogP contribution < -0.4 is 0 Å². The summed E-state index contributed by atoms with van der Waals surface area (Å²) >= 11 is 4.13. The van der Waals surface area contributed by atoms with Crippen LogP contribution in [-0.4, -0.2) is 16.2 Å². The van der Waals surface area contributed by atoms with Crippen LogP contribution in [0.3, 0.4) is 0 Å². The number of carboxylic acids is 1. The van der Waals surface area contributed by atoms with E-state index in [1.165, 1.54) is 0 Å². The molecule has 2 N–H and O–H groups in total. The average Bonchev–Trinajstić information content (AvgIpc) is 2.65. The number of aliphatic carboxylic acids is 1. The van der Waals surface area contributed by atoms with Gasteiger partial charge in [-0.1, -0.05) is 54.6 Å². The third-order valence-corrected chi connectivity index (χ3v) is 5.88. The maximum absolute atomic E-state index is 11.8. The van der Waals surface area contributed by atoms with Gasteiger partial charge in [0.1, 0.15) is 5.75 Å². The Kier molecular flexibility index (Phi) is 6.18. The monoisotopic (exact) mass is 570 g/mol. The number of benzene rings is 3. The number of aromatic hydroxyl groups is 1. The summed E-state index contributed by atoms with van der Waals surface area (Å²) in [5.41, 5.74) is 3.84. The first-order valence-electron chi connectivity index (χ1n) is 8.01. The number of phenolic OH excluding ortho intramolecular Hbond substituents is 1. The first-order chi connectivity index (χ1) is 12.5. The predicted octanol–water partition coefficient (Wildman–Crippen LogP) is 5.68. The summed E-state index contributed by atoms with van der Waals surface area (Å²) in [6, 6.07) is 21.4. The lowest BCUT2D eigenvalue weighted by Crippen LogP contribution is -2.14. The molecule has 0 aromatic heterocycles. The molecule has 0 radical (unpaired) electrons. The number of phenols is 1. The van der Waals surface area contributed by atoms with E-state index < -0.39 is 11.9 Å². The lowest BCUT2D eigenvalue weighted by molar-refractivity contribution is -0.138. The molecule has 0 aliphatic carbocycles. The summed E-state index contributed by atoms with van der Waals surface area (Å²) in [5, 5.41) is 19.6. The minimum absolute atomic E-state index is 0.244. The molecule has 0 amide bonds. The van der Waals surface area contributed by atoms with E-state index in [-0.39, 0.29) is 5.75 Å². The zero-order valence-electron chi connectivity index (χ0n) is 13.7. The Morgan fingerprint density at radius 2 is 1.42 bits per heavy atom. The highest BCUT2D eigenvalue weighted by molar-refractivity contribution is 14.1. The maximum atomic E-state index is 11.8. The first kappa shape index (κ1) is 19.2. The number of carbonyl (C=O) groups is 1. The zero-order chi connectivity index (χ0) is 18.7. The third kappa shape index (κ3) is 4.37. The van der Waals surface area contributed by atoms with E-state index in [0.29, 0.717) is 6.42 Å². The van der Waals surface area contributed by atoms with Gasteiger partial charge in [0.2, 0.25) is 0 Å². The second-order valence-electron chi connectivity index (χ2n) is 5.99. The number of rotatable bonds is 5. The highest BCUT2D eigenvalue weighted by Gasteiger charge is 2.21. The van der Waals surface area contributed by atoms with Crippen molar-refractivity contribution in [2.24, 2.45) is 0 Å². The van der Waals surface area contributed by atoms with E-state index >= 15 is 0 Å². The van der Waals surface area contributed by atoms with Crippen molar-refractivity contribution in [1.29, 1.82) is 0 Å². The summed E-state index contributed by atoms with van der Waals surface area (Å²) in [6.07, 6.45) is 0.381. The molecule has 0 bridgehead atoms. The van der Waals surface area contributed by atoms with Crippen molar-refractivity contribution in [3.63, 3.8) is 0 Å². The number of carboxylic acid groups (broad SMARTS) is 1. The molecule has 3 rings (SSSR count). The number of halogens is 2. The van der Waals surface area contributed by atoms with Crippen LogP contribution in [0.4, 0.5) is 0 Å². The van der Waals surface area contributed by atoms with Gasteiger partial charge in [0.15, 0.2) is 0 Å². The van der Waals surface area contributed by atoms with E-state index in [0.717, 1.165) is 29.4 Å². The molecule has 26 heavy (non-hydrogen) atoms. The van der Waals surface area contributed by atoms with Crippen LogP contribution >= 0.6 is 45.2 Å². The lowest BCUT2D eigenvalue weighted by atomic mass is 9.91. The summed E-state index contributed by atoms with van der Waals surface area (Å²) in [7, 11) is 0. The fraction of sp³-hybridized carbons (Fsp3) is 0.0952. The summed E-state index contributed by atoms with van der Waals surface area (Å²) in [4.78, 5) is 11.8. The minimum atomic E-state index is -0.851. The van der Waals surface area contributed by atoms with Gasteiger partial charge in [-0.2, -0.15) is 0 Å². The first-order valence-corrected chi connectivity index (χ1v) is 10.2. The molecule has 3 aromatic carbocycles. The highest BCUT2D eigenvalue weighted by Crippen LogP contribution is 2.31. The Morgan fingerprint density at radius 1 is 0.885 bits per heavy atom. The topological polar surface area (TPSA) is 57.5 Å². The van der Waals surface area contributed by atoms with E-state index in [2.05, 4.69) is 45.2 Å². The Balaban J connectivity index is 1.88. The second-order valence-corrected chi connectivity index (χ2v) is 8.32. The van der Waals surface area contributed by atoms with E-state index in [9.17, 15) is 15.0 Å². The fourth-order valence-electron chi connectivity index (χ4n) is 2.86. The lowest BCUT2D eigenvalue weighted by Gasteiger charge is -2.15. The molecule has 132 valence electrons. The SMILES string of the molecule is O=C(O)C(Cc1cc(I)c(O)c(I)c1)c1ccc(-c2ccccc2)cc1. The number of hydrogen-bond donors (Lipinski definition) is 2. The van der Waals surface area contributed by atoms with Crippen molar-refractivity contribution in [3.8, 4) is 16.9 Å². The van der Waals surface area contributed by atoms with E-state index in [1.54, 1.807) is 0 Å². The minimum Gasteiger partial charge on any atom is -0.506 e. The molecule has 3 nitrogen and oxygen atoms in total. The van der Waals surface area contributed by atoms with Crippen LogP contribution in [0.15, 0.2) is 66.7 Å². The van der Waals surface area contributed by atoms with Crippen LogP contribution in [0.5, 0.6) is 5.75 Å². The molecule has 0 spiro atoms. The van der Waals surface area contributed by atoms with Gasteiger partial charge in [0.25, 0.3) is 0 Å². The molecule has 0 aliphatic heterocycles. The Morgan fingerprint density at radius 3 is 1.96 bits per heavy atom. The Labute approximate surface area is 179 Å².